The lowest BCUT2D eigenvalue weighted by Crippen LogP contribution is -2.42. The number of carbonyl (C=O) groups is 2. The fourth-order valence-corrected chi connectivity index (χ4v) is 6.73. The third-order valence-corrected chi connectivity index (χ3v) is 8.14. The van der Waals surface area contributed by atoms with Gasteiger partial charge in [-0.1, -0.05) is 66.7 Å². The van der Waals surface area contributed by atoms with E-state index in [2.05, 4.69) is 78.1 Å². The molecule has 7 rings (SSSR count). The summed E-state index contributed by atoms with van der Waals surface area (Å²) in [6.07, 6.45) is 4.23. The highest BCUT2D eigenvalue weighted by atomic mass is 16.5. The molecular weight excluding hydrogens is 410 g/mol. The van der Waals surface area contributed by atoms with Gasteiger partial charge in [0.1, 0.15) is 11.9 Å². The van der Waals surface area contributed by atoms with Crippen LogP contribution in [-0.2, 0) is 20.7 Å². The summed E-state index contributed by atoms with van der Waals surface area (Å²) in [5.41, 5.74) is 0.976. The van der Waals surface area contributed by atoms with E-state index in [4.69, 9.17) is 4.74 Å². The van der Waals surface area contributed by atoms with Crippen molar-refractivity contribution in [3.8, 4) is 0 Å². The Hall–Kier alpha value is -3.50. The monoisotopic (exact) mass is 433 g/mol. The molecule has 4 nitrogen and oxygen atoms in total. The van der Waals surface area contributed by atoms with Crippen molar-refractivity contribution in [3.63, 3.8) is 0 Å². The van der Waals surface area contributed by atoms with Crippen LogP contribution in [-0.4, -0.2) is 30.8 Å². The van der Waals surface area contributed by atoms with E-state index in [1.54, 1.807) is 0 Å². The van der Waals surface area contributed by atoms with E-state index >= 15 is 0 Å². The highest BCUT2D eigenvalue weighted by molar-refractivity contribution is 6.27. The normalized spacial score (nSPS) is 27.6. The molecule has 3 aliphatic heterocycles. The molecule has 1 N–H and O–H groups in total. The van der Waals surface area contributed by atoms with E-state index in [1.807, 2.05) is 0 Å². The molecular formula is C29H23NO3. The Bertz CT molecular complexity index is 1520. The minimum Gasteiger partial charge on any atom is -0.494 e. The molecule has 4 unspecified atom stereocenters. The molecule has 4 aromatic carbocycles. The van der Waals surface area contributed by atoms with Gasteiger partial charge in [-0.15, -0.1) is 0 Å². The van der Waals surface area contributed by atoms with Crippen LogP contribution in [0.25, 0.3) is 32.3 Å². The number of benzene rings is 4. The SMILES string of the molecule is O=CC(=O)C1NCC2(Cc3cccc4c3ccc3c5ccccc5ccc43)C3=CCC(O3)C12. The van der Waals surface area contributed by atoms with Crippen LogP contribution in [0, 0.1) is 11.3 Å². The van der Waals surface area contributed by atoms with Gasteiger partial charge < -0.3 is 10.1 Å². The minimum absolute atomic E-state index is 0.00476. The van der Waals surface area contributed by atoms with Crippen LogP contribution in [0.2, 0.25) is 0 Å². The van der Waals surface area contributed by atoms with Gasteiger partial charge in [0.15, 0.2) is 6.29 Å². The predicted octanol–water partition coefficient (Wildman–Crippen LogP) is 4.72. The lowest BCUT2D eigenvalue weighted by molar-refractivity contribution is -0.132. The van der Waals surface area contributed by atoms with Crippen molar-refractivity contribution in [1.29, 1.82) is 0 Å². The van der Waals surface area contributed by atoms with E-state index in [0.717, 1.165) is 18.6 Å². The third kappa shape index (κ3) is 2.50. The second-order valence-corrected chi connectivity index (χ2v) is 9.66. The van der Waals surface area contributed by atoms with Crippen LogP contribution in [0.4, 0.5) is 0 Å². The Morgan fingerprint density at radius 2 is 1.70 bits per heavy atom. The van der Waals surface area contributed by atoms with Gasteiger partial charge in [0, 0.05) is 18.9 Å². The highest BCUT2D eigenvalue weighted by Crippen LogP contribution is 2.57. The zero-order chi connectivity index (χ0) is 22.2. The van der Waals surface area contributed by atoms with E-state index in [1.165, 1.54) is 37.9 Å². The van der Waals surface area contributed by atoms with Crippen molar-refractivity contribution in [2.45, 2.75) is 25.0 Å². The van der Waals surface area contributed by atoms with E-state index in [0.29, 0.717) is 12.8 Å². The molecule has 2 fully saturated rings. The zero-order valence-electron chi connectivity index (χ0n) is 18.1. The van der Waals surface area contributed by atoms with Gasteiger partial charge in [-0.2, -0.15) is 0 Å². The maximum Gasteiger partial charge on any atom is 0.212 e. The molecule has 0 radical (unpaired) electrons. The molecule has 0 spiro atoms. The van der Waals surface area contributed by atoms with Gasteiger partial charge >= 0.3 is 0 Å². The van der Waals surface area contributed by atoms with E-state index in [-0.39, 0.29) is 23.2 Å². The summed E-state index contributed by atoms with van der Waals surface area (Å²) in [4.78, 5) is 23.7. The molecule has 0 amide bonds. The molecule has 2 bridgehead atoms. The molecule has 162 valence electrons. The second kappa shape index (κ2) is 6.75. The molecule has 0 saturated carbocycles. The van der Waals surface area contributed by atoms with Gasteiger partial charge in [-0.3, -0.25) is 9.59 Å². The Kier molecular flexibility index (Phi) is 3.89. The molecule has 33 heavy (non-hydrogen) atoms. The average molecular weight is 434 g/mol. The van der Waals surface area contributed by atoms with Crippen LogP contribution >= 0.6 is 0 Å². The molecule has 4 heteroatoms. The second-order valence-electron chi connectivity index (χ2n) is 9.66. The number of carbonyl (C=O) groups excluding carboxylic acids is 2. The lowest BCUT2D eigenvalue weighted by atomic mass is 9.66. The van der Waals surface area contributed by atoms with Gasteiger partial charge in [0.25, 0.3) is 0 Å². The van der Waals surface area contributed by atoms with Crippen LogP contribution < -0.4 is 5.32 Å². The number of fused-ring (bicyclic) bond motifs is 10. The highest BCUT2D eigenvalue weighted by Gasteiger charge is 2.63. The number of hydrogen-bond donors (Lipinski definition) is 1. The lowest BCUT2D eigenvalue weighted by Gasteiger charge is -2.32. The number of aldehydes is 1. The first-order valence-electron chi connectivity index (χ1n) is 11.6. The molecule has 4 aromatic rings. The summed E-state index contributed by atoms with van der Waals surface area (Å²) < 4.78 is 6.22. The summed E-state index contributed by atoms with van der Waals surface area (Å²) in [6, 6.07) is 23.5. The molecule has 4 atom stereocenters. The van der Waals surface area contributed by atoms with E-state index in [9.17, 15) is 9.59 Å². The van der Waals surface area contributed by atoms with Crippen molar-refractivity contribution in [3.05, 3.63) is 84.1 Å². The van der Waals surface area contributed by atoms with E-state index < -0.39 is 6.04 Å². The first-order valence-corrected chi connectivity index (χ1v) is 11.6. The maximum absolute atomic E-state index is 12.4. The molecule has 0 aromatic heterocycles. The van der Waals surface area contributed by atoms with Crippen molar-refractivity contribution < 1.29 is 14.3 Å². The number of ketones is 1. The van der Waals surface area contributed by atoms with Crippen molar-refractivity contribution in [2.75, 3.05) is 6.54 Å². The fraction of sp³-hybridized carbons (Fsp3) is 0.241. The van der Waals surface area contributed by atoms with Gasteiger partial charge in [-0.05, 0) is 50.4 Å². The minimum atomic E-state index is -0.458. The summed E-state index contributed by atoms with van der Waals surface area (Å²) in [6.45, 7) is 0.652. The van der Waals surface area contributed by atoms with Crippen molar-refractivity contribution in [2.24, 2.45) is 11.3 Å². The van der Waals surface area contributed by atoms with Crippen LogP contribution in [0.3, 0.4) is 0 Å². The van der Waals surface area contributed by atoms with Crippen LogP contribution in [0.15, 0.2) is 78.6 Å². The Morgan fingerprint density at radius 3 is 2.61 bits per heavy atom. The molecule has 3 aliphatic rings. The predicted molar refractivity (Wildman–Crippen MR) is 129 cm³/mol. The Labute approximate surface area is 191 Å². The van der Waals surface area contributed by atoms with Gasteiger partial charge in [-0.25, -0.2) is 0 Å². The topological polar surface area (TPSA) is 55.4 Å². The maximum atomic E-state index is 12.4. The van der Waals surface area contributed by atoms with Crippen molar-refractivity contribution in [1.82, 2.24) is 5.32 Å². The zero-order valence-corrected chi connectivity index (χ0v) is 18.1. The smallest absolute Gasteiger partial charge is 0.212 e. The number of hydrogen-bond acceptors (Lipinski definition) is 4. The van der Waals surface area contributed by atoms with Crippen molar-refractivity contribution >= 4 is 44.4 Å². The van der Waals surface area contributed by atoms with Crippen LogP contribution in [0.5, 0.6) is 0 Å². The molecule has 3 heterocycles. The first kappa shape index (κ1) is 19.0. The van der Waals surface area contributed by atoms with Gasteiger partial charge in [0.2, 0.25) is 5.78 Å². The molecule has 0 aliphatic carbocycles. The summed E-state index contributed by atoms with van der Waals surface area (Å²) in [5, 5.41) is 10.9. The number of nitrogens with one attached hydrogen (secondary N) is 1. The number of rotatable bonds is 4. The first-order chi connectivity index (χ1) is 16.2. The van der Waals surface area contributed by atoms with Crippen LogP contribution in [0.1, 0.15) is 12.0 Å². The molecule has 2 saturated heterocycles. The van der Waals surface area contributed by atoms with Gasteiger partial charge in [0.05, 0.1) is 11.5 Å². The standard InChI is InChI=1S/C29H23NO3/c31-15-24(32)28-27-25-12-13-26(33-25)29(27,16-30-28)14-18-5-3-7-21-20(18)10-11-22-19-6-2-1-4-17(19)8-9-23(21)22/h1-11,13,15,25,27-28,30H,12,14,16H2. The average Bonchev–Trinajstić information content (AvgIpc) is 3.56. The quantitative estimate of drug-likeness (QED) is 0.288. The number of Topliss-reactive ketones (excluding diaryl/α,β-unsaturated/α-hetero) is 1. The summed E-state index contributed by atoms with van der Waals surface area (Å²) in [7, 11) is 0. The summed E-state index contributed by atoms with van der Waals surface area (Å²) in [5.74, 6) is 0.624. The third-order valence-electron chi connectivity index (χ3n) is 8.14. The fourth-order valence-electron chi connectivity index (χ4n) is 6.73. The summed E-state index contributed by atoms with van der Waals surface area (Å²) >= 11 is 0. The largest absolute Gasteiger partial charge is 0.494 e. The number of ether oxygens (including phenoxy) is 1. The Morgan fingerprint density at radius 1 is 0.939 bits per heavy atom. The Balaban J connectivity index is 1.38.